The number of nitrogens with one attached hydrogen (secondary N) is 1. The lowest BCUT2D eigenvalue weighted by atomic mass is 10.2. The van der Waals surface area contributed by atoms with Gasteiger partial charge in [0.25, 0.3) is 0 Å². The quantitative estimate of drug-likeness (QED) is 0.706. The summed E-state index contributed by atoms with van der Waals surface area (Å²) in [5.74, 6) is 1.21. The van der Waals surface area contributed by atoms with Crippen LogP contribution in [0.2, 0.25) is 0 Å². The molecule has 2 heterocycles. The van der Waals surface area contributed by atoms with Crippen molar-refractivity contribution in [3.63, 3.8) is 0 Å². The van der Waals surface area contributed by atoms with Gasteiger partial charge in [-0.2, -0.15) is 5.10 Å². The van der Waals surface area contributed by atoms with Gasteiger partial charge >= 0.3 is 0 Å². The van der Waals surface area contributed by atoms with E-state index in [0.29, 0.717) is 5.37 Å². The highest BCUT2D eigenvalue weighted by atomic mass is 32.2. The largest absolute Gasteiger partial charge is 0.301 e. The van der Waals surface area contributed by atoms with E-state index in [1.807, 2.05) is 29.7 Å². The highest BCUT2D eigenvalue weighted by Gasteiger charge is 2.20. The zero-order valence-electron chi connectivity index (χ0n) is 7.37. The van der Waals surface area contributed by atoms with Crippen LogP contribution < -0.4 is 5.32 Å². The fourth-order valence-corrected chi connectivity index (χ4v) is 2.52. The lowest BCUT2D eigenvalue weighted by Crippen LogP contribution is -2.12. The van der Waals surface area contributed by atoms with Crippen LogP contribution in [0, 0.1) is 6.92 Å². The third kappa shape index (κ3) is 1.25. The third-order valence-corrected chi connectivity index (χ3v) is 3.47. The van der Waals surface area contributed by atoms with E-state index in [0.717, 1.165) is 6.54 Å². The molecule has 1 atom stereocenters. The lowest BCUT2D eigenvalue weighted by Gasteiger charge is -2.07. The summed E-state index contributed by atoms with van der Waals surface area (Å²) in [6, 6.07) is 0. The smallest absolute Gasteiger partial charge is 0.0823 e. The Morgan fingerprint density at radius 1 is 1.75 bits per heavy atom. The second kappa shape index (κ2) is 3.11. The average Bonchev–Trinajstić information content (AvgIpc) is 2.64. The van der Waals surface area contributed by atoms with E-state index in [9.17, 15) is 0 Å². The Bertz CT molecular complexity index is 276. The summed E-state index contributed by atoms with van der Waals surface area (Å²) in [6.45, 7) is 3.23. The molecular weight excluding hydrogens is 170 g/mol. The first kappa shape index (κ1) is 8.13. The molecule has 1 aliphatic heterocycles. The molecular formula is C8H13N3S. The Kier molecular flexibility index (Phi) is 2.11. The standard InChI is InChI=1S/C8H13N3S/c1-6-7(5-10-11(6)2)8-9-3-4-12-8/h5,8-9H,3-4H2,1-2H3. The van der Waals surface area contributed by atoms with Crippen molar-refractivity contribution in [2.45, 2.75) is 12.3 Å². The van der Waals surface area contributed by atoms with Crippen molar-refractivity contribution in [2.75, 3.05) is 12.3 Å². The van der Waals surface area contributed by atoms with Crippen molar-refractivity contribution in [3.05, 3.63) is 17.5 Å². The Morgan fingerprint density at radius 3 is 3.08 bits per heavy atom. The highest BCUT2D eigenvalue weighted by Crippen LogP contribution is 2.31. The summed E-state index contributed by atoms with van der Waals surface area (Å²) in [5.41, 5.74) is 2.60. The summed E-state index contributed by atoms with van der Waals surface area (Å²) in [6.07, 6.45) is 1.96. The molecule has 0 bridgehead atoms. The van der Waals surface area contributed by atoms with Gasteiger partial charge in [0.15, 0.2) is 0 Å². The molecule has 1 N–H and O–H groups in total. The fraction of sp³-hybridized carbons (Fsp3) is 0.625. The molecule has 66 valence electrons. The minimum Gasteiger partial charge on any atom is -0.301 e. The molecule has 0 saturated carbocycles. The van der Waals surface area contributed by atoms with Gasteiger partial charge in [-0.3, -0.25) is 4.68 Å². The van der Waals surface area contributed by atoms with Crippen molar-refractivity contribution in [3.8, 4) is 0 Å². The first-order valence-electron chi connectivity index (χ1n) is 4.12. The van der Waals surface area contributed by atoms with E-state index in [1.165, 1.54) is 17.0 Å². The van der Waals surface area contributed by atoms with Gasteiger partial charge < -0.3 is 5.32 Å². The lowest BCUT2D eigenvalue weighted by molar-refractivity contribution is 0.722. The molecule has 0 amide bonds. The van der Waals surface area contributed by atoms with Crippen molar-refractivity contribution in [2.24, 2.45) is 7.05 Å². The van der Waals surface area contributed by atoms with Crippen LogP contribution in [-0.4, -0.2) is 22.1 Å². The fourth-order valence-electron chi connectivity index (χ4n) is 1.40. The van der Waals surface area contributed by atoms with Gasteiger partial charge in [-0.1, -0.05) is 0 Å². The molecule has 12 heavy (non-hydrogen) atoms. The predicted octanol–water partition coefficient (Wildman–Crippen LogP) is 1.06. The SMILES string of the molecule is Cc1c(C2NCCS2)cnn1C. The van der Waals surface area contributed by atoms with Crippen LogP contribution in [0.4, 0.5) is 0 Å². The maximum Gasteiger partial charge on any atom is 0.0823 e. The second-order valence-electron chi connectivity index (χ2n) is 3.01. The molecule has 0 spiro atoms. The minimum absolute atomic E-state index is 0.471. The monoisotopic (exact) mass is 183 g/mol. The van der Waals surface area contributed by atoms with Crippen LogP contribution in [-0.2, 0) is 7.05 Å². The van der Waals surface area contributed by atoms with Gasteiger partial charge in [-0.05, 0) is 6.92 Å². The number of thioether (sulfide) groups is 1. The number of aromatic nitrogens is 2. The number of nitrogens with zero attached hydrogens (tertiary/aromatic N) is 2. The Labute approximate surface area is 76.5 Å². The van der Waals surface area contributed by atoms with E-state index < -0.39 is 0 Å². The van der Waals surface area contributed by atoms with E-state index in [2.05, 4.69) is 17.3 Å². The van der Waals surface area contributed by atoms with Crippen LogP contribution in [0.15, 0.2) is 6.20 Å². The normalized spacial score (nSPS) is 23.3. The molecule has 1 unspecified atom stereocenters. The summed E-state index contributed by atoms with van der Waals surface area (Å²) >= 11 is 1.96. The van der Waals surface area contributed by atoms with E-state index >= 15 is 0 Å². The molecule has 4 heteroatoms. The summed E-state index contributed by atoms with van der Waals surface area (Å²) < 4.78 is 1.93. The van der Waals surface area contributed by atoms with Crippen LogP contribution in [0.25, 0.3) is 0 Å². The Morgan fingerprint density at radius 2 is 2.58 bits per heavy atom. The topological polar surface area (TPSA) is 29.9 Å². The minimum atomic E-state index is 0.471. The van der Waals surface area contributed by atoms with Gasteiger partial charge in [-0.25, -0.2) is 0 Å². The van der Waals surface area contributed by atoms with E-state index in [-0.39, 0.29) is 0 Å². The molecule has 1 fully saturated rings. The molecule has 0 aromatic carbocycles. The molecule has 1 aromatic heterocycles. The molecule has 3 nitrogen and oxygen atoms in total. The zero-order valence-corrected chi connectivity index (χ0v) is 8.19. The Balaban J connectivity index is 2.26. The zero-order chi connectivity index (χ0) is 8.55. The summed E-state index contributed by atoms with van der Waals surface area (Å²) in [4.78, 5) is 0. The molecule has 1 saturated heterocycles. The average molecular weight is 183 g/mol. The maximum atomic E-state index is 4.22. The van der Waals surface area contributed by atoms with Crippen molar-refractivity contribution in [1.29, 1.82) is 0 Å². The molecule has 0 aliphatic carbocycles. The van der Waals surface area contributed by atoms with E-state index in [1.54, 1.807) is 0 Å². The maximum absolute atomic E-state index is 4.22. The molecule has 0 radical (unpaired) electrons. The number of aryl methyl sites for hydroxylation is 1. The van der Waals surface area contributed by atoms with Crippen molar-refractivity contribution >= 4 is 11.8 Å². The number of hydrogen-bond acceptors (Lipinski definition) is 3. The van der Waals surface area contributed by atoms with Gasteiger partial charge in [-0.15, -0.1) is 11.8 Å². The van der Waals surface area contributed by atoms with Crippen LogP contribution in [0.1, 0.15) is 16.6 Å². The van der Waals surface area contributed by atoms with Gasteiger partial charge in [0.05, 0.1) is 11.6 Å². The molecule has 1 aliphatic rings. The second-order valence-corrected chi connectivity index (χ2v) is 4.23. The summed E-state index contributed by atoms with van der Waals surface area (Å²) in [5, 5.41) is 8.13. The van der Waals surface area contributed by atoms with Gasteiger partial charge in [0, 0.05) is 30.6 Å². The van der Waals surface area contributed by atoms with Crippen LogP contribution in [0.3, 0.4) is 0 Å². The van der Waals surface area contributed by atoms with Gasteiger partial charge in [0.1, 0.15) is 0 Å². The van der Waals surface area contributed by atoms with Crippen molar-refractivity contribution < 1.29 is 0 Å². The van der Waals surface area contributed by atoms with E-state index in [4.69, 9.17) is 0 Å². The van der Waals surface area contributed by atoms with Crippen molar-refractivity contribution in [1.82, 2.24) is 15.1 Å². The highest BCUT2D eigenvalue weighted by molar-refractivity contribution is 7.99. The molecule has 2 rings (SSSR count). The third-order valence-electron chi connectivity index (χ3n) is 2.27. The van der Waals surface area contributed by atoms with Gasteiger partial charge in [0.2, 0.25) is 0 Å². The number of hydrogen-bond donors (Lipinski definition) is 1. The predicted molar refractivity (Wildman–Crippen MR) is 51.1 cm³/mol. The first-order valence-corrected chi connectivity index (χ1v) is 5.17. The van der Waals surface area contributed by atoms with Crippen LogP contribution in [0.5, 0.6) is 0 Å². The number of rotatable bonds is 1. The first-order chi connectivity index (χ1) is 5.79. The molecule has 1 aromatic rings. The Hall–Kier alpha value is -0.480. The van der Waals surface area contributed by atoms with Crippen LogP contribution >= 0.6 is 11.8 Å². The summed E-state index contributed by atoms with van der Waals surface area (Å²) in [7, 11) is 1.98.